The van der Waals surface area contributed by atoms with Crippen molar-refractivity contribution in [2.75, 3.05) is 13.1 Å². The zero-order valence-corrected chi connectivity index (χ0v) is 6.82. The lowest BCUT2D eigenvalue weighted by Gasteiger charge is -2.20. The molecular weight excluding hydrogens is 122 g/mol. The van der Waals surface area contributed by atoms with Gasteiger partial charge in [-0.3, -0.25) is 0 Å². The Morgan fingerprint density at radius 3 is 2.80 bits per heavy atom. The number of rotatable bonds is 0. The van der Waals surface area contributed by atoms with Gasteiger partial charge >= 0.3 is 0 Å². The van der Waals surface area contributed by atoms with Crippen LogP contribution in [0.1, 0.15) is 32.6 Å². The molecule has 1 aliphatic carbocycles. The van der Waals surface area contributed by atoms with Crippen LogP contribution in [-0.2, 0) is 0 Å². The van der Waals surface area contributed by atoms with Gasteiger partial charge < -0.3 is 5.32 Å². The normalized spacial score (nSPS) is 47.1. The first-order valence-corrected chi connectivity index (χ1v) is 4.52. The summed E-state index contributed by atoms with van der Waals surface area (Å²) in [7, 11) is 0. The molecule has 0 radical (unpaired) electrons. The van der Waals surface area contributed by atoms with E-state index >= 15 is 0 Å². The van der Waals surface area contributed by atoms with Gasteiger partial charge in [-0.15, -0.1) is 0 Å². The third kappa shape index (κ3) is 0.968. The first-order valence-electron chi connectivity index (χ1n) is 4.52. The molecule has 2 rings (SSSR count). The lowest BCUT2D eigenvalue weighted by Crippen LogP contribution is -2.20. The maximum absolute atomic E-state index is 3.48. The average Bonchev–Trinajstić information content (AvgIpc) is 2.46. The molecule has 2 atom stereocenters. The molecule has 1 spiro atoms. The molecule has 58 valence electrons. The molecule has 2 fully saturated rings. The van der Waals surface area contributed by atoms with Gasteiger partial charge in [-0.05, 0) is 37.1 Å². The molecule has 0 aromatic carbocycles. The Bertz CT molecular complexity index is 125. The van der Waals surface area contributed by atoms with E-state index in [0.29, 0.717) is 0 Å². The van der Waals surface area contributed by atoms with Crippen molar-refractivity contribution in [1.82, 2.24) is 5.32 Å². The van der Waals surface area contributed by atoms with Crippen molar-refractivity contribution in [3.63, 3.8) is 0 Å². The van der Waals surface area contributed by atoms with Crippen LogP contribution in [0.3, 0.4) is 0 Å². The van der Waals surface area contributed by atoms with Crippen LogP contribution in [0.15, 0.2) is 0 Å². The fourth-order valence-electron chi connectivity index (χ4n) is 2.68. The minimum atomic E-state index is 0.749. The van der Waals surface area contributed by atoms with Gasteiger partial charge in [0, 0.05) is 6.54 Å². The Morgan fingerprint density at radius 2 is 2.30 bits per heavy atom. The molecule has 1 N–H and O–H groups in total. The van der Waals surface area contributed by atoms with Gasteiger partial charge in [0.15, 0.2) is 0 Å². The fraction of sp³-hybridized carbons (Fsp3) is 1.00. The molecule has 1 saturated heterocycles. The fourth-order valence-corrected chi connectivity index (χ4v) is 2.68. The van der Waals surface area contributed by atoms with Crippen molar-refractivity contribution >= 4 is 0 Å². The highest BCUT2D eigenvalue weighted by molar-refractivity contribution is 4.93. The molecule has 2 aliphatic rings. The summed E-state index contributed by atoms with van der Waals surface area (Å²) in [6, 6.07) is 0. The highest BCUT2D eigenvalue weighted by atomic mass is 14.9. The summed E-state index contributed by atoms with van der Waals surface area (Å²) in [4.78, 5) is 0. The van der Waals surface area contributed by atoms with E-state index in [9.17, 15) is 0 Å². The molecule has 0 aromatic rings. The SMILES string of the molecule is C[C@H]1CC[C@@]2(CCNC2)C1. The van der Waals surface area contributed by atoms with Crippen molar-refractivity contribution in [3.05, 3.63) is 0 Å². The molecule has 10 heavy (non-hydrogen) atoms. The van der Waals surface area contributed by atoms with E-state index < -0.39 is 0 Å². The Hall–Kier alpha value is -0.0400. The van der Waals surface area contributed by atoms with E-state index in [-0.39, 0.29) is 0 Å². The molecular formula is C9H17N. The first-order chi connectivity index (χ1) is 4.81. The molecule has 1 nitrogen and oxygen atoms in total. The van der Waals surface area contributed by atoms with Gasteiger partial charge in [0.2, 0.25) is 0 Å². The van der Waals surface area contributed by atoms with E-state index in [1.165, 1.54) is 38.8 Å². The van der Waals surface area contributed by atoms with Gasteiger partial charge in [-0.1, -0.05) is 13.3 Å². The zero-order valence-electron chi connectivity index (χ0n) is 6.82. The summed E-state index contributed by atoms with van der Waals surface area (Å²) >= 11 is 0. The lowest BCUT2D eigenvalue weighted by molar-refractivity contribution is 0.324. The highest BCUT2D eigenvalue weighted by Gasteiger charge is 2.39. The first kappa shape index (κ1) is 6.66. The second kappa shape index (κ2) is 2.23. The zero-order chi connectivity index (χ0) is 7.03. The Balaban J connectivity index is 2.03. The Labute approximate surface area is 63.2 Å². The van der Waals surface area contributed by atoms with E-state index in [4.69, 9.17) is 0 Å². The van der Waals surface area contributed by atoms with Crippen LogP contribution < -0.4 is 5.32 Å². The van der Waals surface area contributed by atoms with Crippen molar-refractivity contribution in [1.29, 1.82) is 0 Å². The standard InChI is InChI=1S/C9H17N/c1-8-2-3-9(6-8)4-5-10-7-9/h8,10H,2-7H2,1H3/t8-,9+/m0/s1. The number of hydrogen-bond donors (Lipinski definition) is 1. The van der Waals surface area contributed by atoms with E-state index in [1.807, 2.05) is 0 Å². The lowest BCUT2D eigenvalue weighted by atomic mass is 9.85. The van der Waals surface area contributed by atoms with Crippen LogP contribution >= 0.6 is 0 Å². The molecule has 1 heterocycles. The maximum atomic E-state index is 3.48. The summed E-state index contributed by atoms with van der Waals surface area (Å²) in [5.74, 6) is 1.000. The van der Waals surface area contributed by atoms with E-state index in [0.717, 1.165) is 11.3 Å². The summed E-state index contributed by atoms with van der Waals surface area (Å²) in [5.41, 5.74) is 0.749. The molecule has 1 aliphatic heterocycles. The average molecular weight is 139 g/mol. The number of hydrogen-bond acceptors (Lipinski definition) is 1. The Morgan fingerprint density at radius 1 is 1.40 bits per heavy atom. The third-order valence-corrected chi connectivity index (χ3v) is 3.28. The quantitative estimate of drug-likeness (QED) is 0.539. The van der Waals surface area contributed by atoms with Crippen molar-refractivity contribution < 1.29 is 0 Å². The van der Waals surface area contributed by atoms with Crippen LogP contribution in [0.25, 0.3) is 0 Å². The second-order valence-corrected chi connectivity index (χ2v) is 4.27. The maximum Gasteiger partial charge on any atom is 0.000839 e. The van der Waals surface area contributed by atoms with E-state index in [1.54, 1.807) is 0 Å². The van der Waals surface area contributed by atoms with Crippen LogP contribution in [-0.4, -0.2) is 13.1 Å². The van der Waals surface area contributed by atoms with Crippen LogP contribution in [0, 0.1) is 11.3 Å². The molecule has 0 bridgehead atoms. The molecule has 1 saturated carbocycles. The smallest absolute Gasteiger partial charge is 0.000839 e. The predicted molar refractivity (Wildman–Crippen MR) is 42.9 cm³/mol. The van der Waals surface area contributed by atoms with Crippen LogP contribution in [0.5, 0.6) is 0 Å². The van der Waals surface area contributed by atoms with Crippen LogP contribution in [0.2, 0.25) is 0 Å². The molecule has 0 unspecified atom stereocenters. The summed E-state index contributed by atoms with van der Waals surface area (Å²) < 4.78 is 0. The molecule has 0 amide bonds. The minimum Gasteiger partial charge on any atom is -0.316 e. The monoisotopic (exact) mass is 139 g/mol. The topological polar surface area (TPSA) is 12.0 Å². The third-order valence-electron chi connectivity index (χ3n) is 3.28. The molecule has 0 aromatic heterocycles. The highest BCUT2D eigenvalue weighted by Crippen LogP contribution is 2.45. The second-order valence-electron chi connectivity index (χ2n) is 4.27. The van der Waals surface area contributed by atoms with Gasteiger partial charge in [0.25, 0.3) is 0 Å². The molecule has 1 heteroatoms. The summed E-state index contributed by atoms with van der Waals surface area (Å²) in [6.07, 6.45) is 5.89. The van der Waals surface area contributed by atoms with Gasteiger partial charge in [0.05, 0.1) is 0 Å². The van der Waals surface area contributed by atoms with E-state index in [2.05, 4.69) is 12.2 Å². The minimum absolute atomic E-state index is 0.749. The van der Waals surface area contributed by atoms with Crippen molar-refractivity contribution in [3.8, 4) is 0 Å². The van der Waals surface area contributed by atoms with Gasteiger partial charge in [0.1, 0.15) is 0 Å². The van der Waals surface area contributed by atoms with Crippen molar-refractivity contribution in [2.45, 2.75) is 32.6 Å². The largest absolute Gasteiger partial charge is 0.316 e. The summed E-state index contributed by atoms with van der Waals surface area (Å²) in [6.45, 7) is 4.97. The van der Waals surface area contributed by atoms with Gasteiger partial charge in [-0.25, -0.2) is 0 Å². The van der Waals surface area contributed by atoms with Crippen LogP contribution in [0.4, 0.5) is 0 Å². The van der Waals surface area contributed by atoms with Crippen molar-refractivity contribution in [2.24, 2.45) is 11.3 Å². The predicted octanol–water partition coefficient (Wildman–Crippen LogP) is 1.79. The van der Waals surface area contributed by atoms with Gasteiger partial charge in [-0.2, -0.15) is 0 Å². The summed E-state index contributed by atoms with van der Waals surface area (Å²) in [5, 5.41) is 3.48. The Kier molecular flexibility index (Phi) is 1.48. The number of nitrogens with one attached hydrogen (secondary N) is 1.